The Morgan fingerprint density at radius 3 is 2.80 bits per heavy atom. The minimum Gasteiger partial charge on any atom is -0.494 e. The minimum absolute atomic E-state index is 0.155. The first-order valence-electron chi connectivity index (χ1n) is 12.4. The molecule has 8 nitrogen and oxygen atoms in total. The van der Waals surface area contributed by atoms with Crippen molar-refractivity contribution in [3.63, 3.8) is 0 Å². The molecule has 2 aromatic carbocycles. The average Bonchev–Trinajstić information content (AvgIpc) is 3.18. The number of benzene rings is 2. The molecule has 1 fully saturated rings. The molecule has 186 valence electrons. The highest BCUT2D eigenvalue weighted by atomic mass is 16.5. The van der Waals surface area contributed by atoms with Gasteiger partial charge in [-0.05, 0) is 36.6 Å². The topological polar surface area (TPSA) is 94.5 Å². The molecule has 0 bridgehead atoms. The Morgan fingerprint density at radius 2 is 2.03 bits per heavy atom. The summed E-state index contributed by atoms with van der Waals surface area (Å²) in [4.78, 5) is 33.2. The number of amides is 2. The number of rotatable bonds is 12. The number of aliphatic imine (C=N–C) groups is 1. The van der Waals surface area contributed by atoms with Gasteiger partial charge in [0.25, 0.3) is 5.91 Å². The fourth-order valence-electron chi connectivity index (χ4n) is 4.42. The van der Waals surface area contributed by atoms with E-state index in [1.165, 1.54) is 0 Å². The summed E-state index contributed by atoms with van der Waals surface area (Å²) in [5.74, 6) is 1.10. The van der Waals surface area contributed by atoms with Gasteiger partial charge in [0.2, 0.25) is 11.9 Å². The molecule has 0 aliphatic carbocycles. The first kappa shape index (κ1) is 24.7. The first-order chi connectivity index (χ1) is 17.1. The summed E-state index contributed by atoms with van der Waals surface area (Å²) in [7, 11) is 0. The van der Waals surface area contributed by atoms with Gasteiger partial charge in [0.15, 0.2) is 0 Å². The molecule has 2 aliphatic heterocycles. The maximum absolute atomic E-state index is 12.9. The molecule has 0 saturated carbocycles. The van der Waals surface area contributed by atoms with Crippen LogP contribution in [0.4, 0.5) is 5.69 Å². The van der Waals surface area contributed by atoms with Crippen molar-refractivity contribution in [2.75, 3.05) is 19.8 Å². The number of hydrogen-bond donors (Lipinski definition) is 2. The van der Waals surface area contributed by atoms with E-state index in [1.54, 1.807) is 4.90 Å². The Bertz CT molecular complexity index is 1060. The zero-order valence-electron chi connectivity index (χ0n) is 20.3. The molecule has 2 amide bonds. The standard InChI is InChI=1S/C27H34N4O4/c1-2-3-7-14-30(17-20-9-5-4-6-10-20)25(33)11-8-15-35-22-12-13-23-21(16-22)18-31-24(19-32)26(34)29-27(31)28-23/h4-6,9-10,12-13,16,24,32H,2-3,7-8,11,14-15,17-19H2,1H3,(H,28,29,34). The lowest BCUT2D eigenvalue weighted by Crippen LogP contribution is -2.39. The van der Waals surface area contributed by atoms with Crippen LogP contribution in [0.1, 0.15) is 50.2 Å². The maximum Gasteiger partial charge on any atom is 0.251 e. The summed E-state index contributed by atoms with van der Waals surface area (Å²) in [6.45, 7) is 4.23. The molecule has 2 N–H and O–H groups in total. The van der Waals surface area contributed by atoms with E-state index < -0.39 is 6.04 Å². The Kier molecular flexibility index (Phi) is 8.36. The number of fused-ring (bicyclic) bond motifs is 2. The molecule has 2 aliphatic rings. The van der Waals surface area contributed by atoms with E-state index >= 15 is 0 Å². The third kappa shape index (κ3) is 6.19. The Morgan fingerprint density at radius 1 is 1.20 bits per heavy atom. The van der Waals surface area contributed by atoms with E-state index in [0.717, 1.165) is 42.6 Å². The van der Waals surface area contributed by atoms with Crippen molar-refractivity contribution in [3.05, 3.63) is 59.7 Å². The Balaban J connectivity index is 1.28. The molecule has 2 aromatic rings. The van der Waals surface area contributed by atoms with Crippen LogP contribution in [0.3, 0.4) is 0 Å². The number of ether oxygens (including phenoxy) is 1. The van der Waals surface area contributed by atoms with Crippen LogP contribution in [0.5, 0.6) is 5.75 Å². The molecular weight excluding hydrogens is 444 g/mol. The van der Waals surface area contributed by atoms with Gasteiger partial charge in [0, 0.05) is 31.6 Å². The zero-order valence-corrected chi connectivity index (χ0v) is 20.3. The fourth-order valence-corrected chi connectivity index (χ4v) is 4.42. The van der Waals surface area contributed by atoms with Crippen molar-refractivity contribution in [1.82, 2.24) is 15.1 Å². The van der Waals surface area contributed by atoms with Crippen LogP contribution in [0, 0.1) is 0 Å². The van der Waals surface area contributed by atoms with Crippen LogP contribution in [0.15, 0.2) is 53.5 Å². The third-order valence-corrected chi connectivity index (χ3v) is 6.38. The smallest absolute Gasteiger partial charge is 0.251 e. The molecule has 1 saturated heterocycles. The van der Waals surface area contributed by atoms with Gasteiger partial charge in [-0.3, -0.25) is 14.9 Å². The summed E-state index contributed by atoms with van der Waals surface area (Å²) in [6, 6.07) is 15.1. The zero-order chi connectivity index (χ0) is 24.6. The highest BCUT2D eigenvalue weighted by Crippen LogP contribution is 2.31. The monoisotopic (exact) mass is 478 g/mol. The number of nitrogens with zero attached hydrogens (tertiary/aromatic N) is 3. The predicted molar refractivity (Wildman–Crippen MR) is 134 cm³/mol. The third-order valence-electron chi connectivity index (χ3n) is 6.38. The van der Waals surface area contributed by atoms with Crippen molar-refractivity contribution in [1.29, 1.82) is 0 Å². The van der Waals surface area contributed by atoms with Crippen LogP contribution in [-0.4, -0.2) is 58.5 Å². The van der Waals surface area contributed by atoms with E-state index in [-0.39, 0.29) is 18.4 Å². The van der Waals surface area contributed by atoms with Crippen LogP contribution in [0.25, 0.3) is 0 Å². The molecule has 8 heteroatoms. The van der Waals surface area contributed by atoms with E-state index in [2.05, 4.69) is 29.4 Å². The number of unbranched alkanes of at least 4 members (excludes halogenated alkanes) is 2. The van der Waals surface area contributed by atoms with Gasteiger partial charge in [-0.1, -0.05) is 50.1 Å². The molecule has 2 heterocycles. The van der Waals surface area contributed by atoms with Crippen LogP contribution in [-0.2, 0) is 22.7 Å². The summed E-state index contributed by atoms with van der Waals surface area (Å²) in [6.07, 6.45) is 4.33. The molecule has 0 spiro atoms. The van der Waals surface area contributed by atoms with E-state index in [9.17, 15) is 14.7 Å². The van der Waals surface area contributed by atoms with Gasteiger partial charge < -0.3 is 19.6 Å². The summed E-state index contributed by atoms with van der Waals surface area (Å²) < 4.78 is 5.94. The molecule has 0 radical (unpaired) electrons. The molecular formula is C27H34N4O4. The number of aliphatic hydroxyl groups excluding tert-OH is 1. The van der Waals surface area contributed by atoms with Gasteiger partial charge in [0.1, 0.15) is 11.8 Å². The Hall–Kier alpha value is -3.39. The number of aliphatic hydroxyl groups is 1. The van der Waals surface area contributed by atoms with Gasteiger partial charge in [-0.15, -0.1) is 0 Å². The van der Waals surface area contributed by atoms with Crippen LogP contribution >= 0.6 is 0 Å². The fraction of sp³-hybridized carbons (Fsp3) is 0.444. The summed E-state index contributed by atoms with van der Waals surface area (Å²) in [5, 5.41) is 12.2. The number of nitrogens with one attached hydrogen (secondary N) is 1. The summed E-state index contributed by atoms with van der Waals surface area (Å²) in [5.41, 5.74) is 2.86. The second-order valence-electron chi connectivity index (χ2n) is 9.00. The highest BCUT2D eigenvalue weighted by molar-refractivity contribution is 6.07. The normalized spacial score (nSPS) is 16.3. The number of hydrogen-bond acceptors (Lipinski definition) is 6. The number of carbonyl (C=O) groups excluding carboxylic acids is 2. The molecule has 0 aromatic heterocycles. The van der Waals surface area contributed by atoms with Crippen LogP contribution < -0.4 is 10.1 Å². The lowest BCUT2D eigenvalue weighted by atomic mass is 10.1. The van der Waals surface area contributed by atoms with Crippen molar-refractivity contribution >= 4 is 23.5 Å². The van der Waals surface area contributed by atoms with E-state index in [0.29, 0.717) is 44.2 Å². The Labute approximate surface area is 206 Å². The second-order valence-corrected chi connectivity index (χ2v) is 9.00. The second kappa shape index (κ2) is 11.8. The van der Waals surface area contributed by atoms with Crippen molar-refractivity contribution in [3.8, 4) is 5.75 Å². The quantitative estimate of drug-likeness (QED) is 0.456. The minimum atomic E-state index is -0.617. The van der Waals surface area contributed by atoms with Crippen molar-refractivity contribution in [2.45, 2.75) is 58.2 Å². The SMILES string of the molecule is CCCCCN(Cc1ccccc1)C(=O)CCCOc1ccc2c(c1)CN1C(=N2)NC(=O)C1CO. The van der Waals surface area contributed by atoms with Crippen LogP contribution in [0.2, 0.25) is 0 Å². The van der Waals surface area contributed by atoms with Crippen molar-refractivity contribution < 1.29 is 19.4 Å². The lowest BCUT2D eigenvalue weighted by molar-refractivity contribution is -0.132. The number of guanidine groups is 1. The molecule has 35 heavy (non-hydrogen) atoms. The van der Waals surface area contributed by atoms with Gasteiger partial charge in [-0.2, -0.15) is 0 Å². The number of carbonyl (C=O) groups is 2. The summed E-state index contributed by atoms with van der Waals surface area (Å²) >= 11 is 0. The predicted octanol–water partition coefficient (Wildman–Crippen LogP) is 3.36. The molecule has 4 rings (SSSR count). The highest BCUT2D eigenvalue weighted by Gasteiger charge is 2.38. The van der Waals surface area contributed by atoms with E-state index in [1.807, 2.05) is 41.3 Å². The largest absolute Gasteiger partial charge is 0.494 e. The average molecular weight is 479 g/mol. The van der Waals surface area contributed by atoms with Gasteiger partial charge in [-0.25, -0.2) is 4.99 Å². The van der Waals surface area contributed by atoms with E-state index in [4.69, 9.17) is 4.74 Å². The molecule has 1 unspecified atom stereocenters. The first-order valence-corrected chi connectivity index (χ1v) is 12.4. The lowest BCUT2D eigenvalue weighted by Gasteiger charge is -2.27. The maximum atomic E-state index is 12.9. The van der Waals surface area contributed by atoms with Gasteiger partial charge >= 0.3 is 0 Å². The van der Waals surface area contributed by atoms with Gasteiger partial charge in [0.05, 0.1) is 18.9 Å². The molecule has 1 atom stereocenters. The van der Waals surface area contributed by atoms with Crippen molar-refractivity contribution in [2.24, 2.45) is 4.99 Å².